The summed E-state index contributed by atoms with van der Waals surface area (Å²) in [5.74, 6) is -0.0229. The van der Waals surface area contributed by atoms with Gasteiger partial charge in [-0.3, -0.25) is 9.59 Å². The molecule has 0 N–H and O–H groups in total. The van der Waals surface area contributed by atoms with Gasteiger partial charge in [0.2, 0.25) is 0 Å². The lowest BCUT2D eigenvalue weighted by Gasteiger charge is -2.18. The van der Waals surface area contributed by atoms with E-state index in [1.54, 1.807) is 20.8 Å². The third-order valence-corrected chi connectivity index (χ3v) is 4.95. The minimum atomic E-state index is -4.03. The molecule has 1 aliphatic carbocycles. The van der Waals surface area contributed by atoms with E-state index < -0.39 is 12.6 Å². The number of hydrogen-bond acceptors (Lipinski definition) is 2. The molecule has 0 aromatic carbocycles. The highest BCUT2D eigenvalue weighted by atomic mass is 19.4. The van der Waals surface area contributed by atoms with Gasteiger partial charge < -0.3 is 0 Å². The van der Waals surface area contributed by atoms with Crippen molar-refractivity contribution in [3.63, 3.8) is 0 Å². The molecule has 0 aromatic rings. The molecule has 0 saturated heterocycles. The largest absolute Gasteiger partial charge is 0.389 e. The normalized spacial score (nSPS) is 16.2. The summed E-state index contributed by atoms with van der Waals surface area (Å²) in [6.45, 7) is 5.14. The van der Waals surface area contributed by atoms with Gasteiger partial charge in [-0.15, -0.1) is 0 Å². The van der Waals surface area contributed by atoms with Gasteiger partial charge >= 0.3 is 6.18 Å². The molecule has 0 fully saturated rings. The van der Waals surface area contributed by atoms with E-state index >= 15 is 0 Å². The van der Waals surface area contributed by atoms with Crippen LogP contribution in [0.1, 0.15) is 85.0 Å². The first-order chi connectivity index (χ1) is 11.6. The lowest BCUT2D eigenvalue weighted by Crippen LogP contribution is -2.20. The van der Waals surface area contributed by atoms with Crippen molar-refractivity contribution in [1.82, 2.24) is 0 Å². The third-order valence-electron chi connectivity index (χ3n) is 4.95. The SMILES string of the molecule is CC1=C(C)C(=O)C(CCCCCCCCCCC(F)(F)F)=C(C)C1=O. The molecule has 0 aromatic heterocycles. The topological polar surface area (TPSA) is 34.1 Å². The van der Waals surface area contributed by atoms with Crippen LogP contribution in [0.4, 0.5) is 13.2 Å². The van der Waals surface area contributed by atoms with E-state index in [0.717, 1.165) is 38.5 Å². The number of rotatable bonds is 10. The molecule has 0 heterocycles. The van der Waals surface area contributed by atoms with Gasteiger partial charge in [-0.25, -0.2) is 0 Å². The van der Waals surface area contributed by atoms with Crippen molar-refractivity contribution < 1.29 is 22.8 Å². The lowest BCUT2D eigenvalue weighted by atomic mass is 9.84. The van der Waals surface area contributed by atoms with Crippen LogP contribution >= 0.6 is 0 Å². The summed E-state index contributed by atoms with van der Waals surface area (Å²) in [6, 6.07) is 0. The van der Waals surface area contributed by atoms with E-state index in [1.807, 2.05) is 0 Å². The Bertz CT molecular complexity index is 554. The Morgan fingerprint density at radius 1 is 0.640 bits per heavy atom. The summed E-state index contributed by atoms with van der Waals surface area (Å²) in [4.78, 5) is 24.4. The van der Waals surface area contributed by atoms with Gasteiger partial charge in [0.05, 0.1) is 0 Å². The standard InChI is InChI=1S/C20H29F3O2/c1-14-15(2)19(25)17(16(3)18(14)24)12-10-8-6-4-5-7-9-11-13-20(21,22)23/h4-13H2,1-3H3. The molecular weight excluding hydrogens is 329 g/mol. The van der Waals surface area contributed by atoms with Crippen LogP contribution in [-0.2, 0) is 9.59 Å². The van der Waals surface area contributed by atoms with Crippen LogP contribution in [0.2, 0.25) is 0 Å². The molecule has 0 atom stereocenters. The molecule has 1 aliphatic rings. The summed E-state index contributed by atoms with van der Waals surface area (Å²) in [7, 11) is 0. The average Bonchev–Trinajstić information content (AvgIpc) is 2.54. The quantitative estimate of drug-likeness (QED) is 0.341. The van der Waals surface area contributed by atoms with Gasteiger partial charge in [-0.05, 0) is 40.0 Å². The molecule has 0 bridgehead atoms. The Hall–Kier alpha value is -1.39. The van der Waals surface area contributed by atoms with E-state index in [-0.39, 0.29) is 18.0 Å². The fourth-order valence-corrected chi connectivity index (χ4v) is 3.14. The molecule has 1 rings (SSSR count). The van der Waals surface area contributed by atoms with Crippen LogP contribution in [0.25, 0.3) is 0 Å². The minimum Gasteiger partial charge on any atom is -0.289 e. The fourth-order valence-electron chi connectivity index (χ4n) is 3.14. The van der Waals surface area contributed by atoms with E-state index in [2.05, 4.69) is 0 Å². The van der Waals surface area contributed by atoms with Crippen molar-refractivity contribution in [3.8, 4) is 0 Å². The zero-order valence-corrected chi connectivity index (χ0v) is 15.5. The zero-order chi connectivity index (χ0) is 19.0. The summed E-state index contributed by atoms with van der Waals surface area (Å²) in [5.41, 5.74) is 2.35. The van der Waals surface area contributed by atoms with Gasteiger partial charge in [0.1, 0.15) is 0 Å². The third kappa shape index (κ3) is 7.17. The number of carbonyl (C=O) groups excluding carboxylic acids is 2. The number of Topliss-reactive ketones (excluding diaryl/α,β-unsaturated/α-hetero) is 2. The highest BCUT2D eigenvalue weighted by Crippen LogP contribution is 2.28. The summed E-state index contributed by atoms with van der Waals surface area (Å²) >= 11 is 0. The van der Waals surface area contributed by atoms with Gasteiger partial charge in [-0.2, -0.15) is 13.2 Å². The van der Waals surface area contributed by atoms with Gasteiger partial charge in [-0.1, -0.05) is 38.5 Å². The van der Waals surface area contributed by atoms with E-state index in [9.17, 15) is 22.8 Å². The maximum Gasteiger partial charge on any atom is 0.389 e. The van der Waals surface area contributed by atoms with Crippen LogP contribution in [-0.4, -0.2) is 17.7 Å². The highest BCUT2D eigenvalue weighted by Gasteiger charge is 2.27. The number of alkyl halides is 3. The van der Waals surface area contributed by atoms with Crippen molar-refractivity contribution >= 4 is 11.6 Å². The first-order valence-corrected chi connectivity index (χ1v) is 9.18. The van der Waals surface area contributed by atoms with Crippen LogP contribution in [0.3, 0.4) is 0 Å². The van der Waals surface area contributed by atoms with Crippen molar-refractivity contribution in [3.05, 3.63) is 22.3 Å². The monoisotopic (exact) mass is 358 g/mol. The maximum absolute atomic E-state index is 12.3. The minimum absolute atomic E-state index is 0.000681. The van der Waals surface area contributed by atoms with Crippen molar-refractivity contribution in [2.75, 3.05) is 0 Å². The number of hydrogen-bond donors (Lipinski definition) is 0. The molecule has 25 heavy (non-hydrogen) atoms. The molecule has 142 valence electrons. The van der Waals surface area contributed by atoms with Crippen LogP contribution in [0, 0.1) is 0 Å². The molecule has 0 unspecified atom stereocenters. The predicted molar refractivity (Wildman–Crippen MR) is 93.3 cm³/mol. The van der Waals surface area contributed by atoms with Crippen LogP contribution < -0.4 is 0 Å². The van der Waals surface area contributed by atoms with Crippen molar-refractivity contribution in [2.45, 2.75) is 91.2 Å². The van der Waals surface area contributed by atoms with Crippen molar-refractivity contribution in [2.24, 2.45) is 0 Å². The van der Waals surface area contributed by atoms with Crippen LogP contribution in [0.15, 0.2) is 22.3 Å². The molecule has 0 spiro atoms. The average molecular weight is 358 g/mol. The Labute approximate surface area is 148 Å². The highest BCUT2D eigenvalue weighted by molar-refractivity contribution is 6.24. The predicted octanol–water partition coefficient (Wildman–Crippen LogP) is 6.25. The number of allylic oxidation sites excluding steroid dienone is 4. The van der Waals surface area contributed by atoms with Gasteiger partial charge in [0.25, 0.3) is 0 Å². The number of halogens is 3. The summed E-state index contributed by atoms with van der Waals surface area (Å²) in [6.07, 6.45) is 2.44. The van der Waals surface area contributed by atoms with Crippen molar-refractivity contribution in [1.29, 1.82) is 0 Å². The molecular formula is C20H29F3O2. The summed E-state index contributed by atoms with van der Waals surface area (Å²) < 4.78 is 36.0. The van der Waals surface area contributed by atoms with E-state index in [4.69, 9.17) is 0 Å². The second kappa shape index (κ2) is 9.93. The second-order valence-corrected chi connectivity index (χ2v) is 6.96. The second-order valence-electron chi connectivity index (χ2n) is 6.96. The molecule has 2 nitrogen and oxygen atoms in total. The first kappa shape index (κ1) is 21.7. The van der Waals surface area contributed by atoms with E-state index in [1.165, 1.54) is 0 Å². The first-order valence-electron chi connectivity index (χ1n) is 9.18. The van der Waals surface area contributed by atoms with Gasteiger partial charge in [0, 0.05) is 28.7 Å². The Morgan fingerprint density at radius 2 is 1.08 bits per heavy atom. The number of carbonyl (C=O) groups is 2. The zero-order valence-electron chi connectivity index (χ0n) is 15.5. The van der Waals surface area contributed by atoms with E-state index in [0.29, 0.717) is 35.1 Å². The number of ketones is 2. The fraction of sp³-hybridized carbons (Fsp3) is 0.700. The maximum atomic E-state index is 12.3. The molecule has 0 aliphatic heterocycles. The molecule has 0 amide bonds. The smallest absolute Gasteiger partial charge is 0.289 e. The molecule has 0 radical (unpaired) electrons. The summed E-state index contributed by atoms with van der Waals surface area (Å²) in [5, 5.41) is 0. The Balaban J connectivity index is 2.16. The van der Waals surface area contributed by atoms with Crippen LogP contribution in [0.5, 0.6) is 0 Å². The number of unbranched alkanes of at least 4 members (excludes halogenated alkanes) is 7. The lowest BCUT2D eigenvalue weighted by molar-refractivity contribution is -0.135. The Morgan fingerprint density at radius 3 is 1.60 bits per heavy atom. The molecule has 0 saturated carbocycles. The van der Waals surface area contributed by atoms with Gasteiger partial charge in [0.15, 0.2) is 11.6 Å². The Kier molecular flexibility index (Phi) is 8.60. The molecule has 5 heteroatoms.